The highest BCUT2D eigenvalue weighted by atomic mass is 35.5. The van der Waals surface area contributed by atoms with E-state index in [9.17, 15) is 0 Å². The van der Waals surface area contributed by atoms with Gasteiger partial charge in [-0.2, -0.15) is 5.10 Å². The van der Waals surface area contributed by atoms with Gasteiger partial charge in [0.25, 0.3) is 0 Å². The van der Waals surface area contributed by atoms with Crippen molar-refractivity contribution in [1.29, 1.82) is 0 Å². The number of benzene rings is 1. The van der Waals surface area contributed by atoms with Crippen molar-refractivity contribution >= 4 is 23.2 Å². The van der Waals surface area contributed by atoms with Crippen LogP contribution in [0.3, 0.4) is 0 Å². The Labute approximate surface area is 117 Å². The highest BCUT2D eigenvalue weighted by Gasteiger charge is 2.10. The molecule has 2 aromatic rings. The van der Waals surface area contributed by atoms with Gasteiger partial charge in [-0.15, -0.1) is 0 Å². The number of hydrogen-bond acceptors (Lipinski definition) is 2. The van der Waals surface area contributed by atoms with E-state index < -0.39 is 0 Å². The smallest absolute Gasteiger partial charge is 0.0640 e. The Hall–Kier alpha value is -1.03. The Balaban J connectivity index is 2.00. The van der Waals surface area contributed by atoms with Gasteiger partial charge in [-0.1, -0.05) is 29.3 Å². The molecule has 0 fully saturated rings. The second kappa shape index (κ2) is 5.74. The molecule has 0 spiro atoms. The Morgan fingerprint density at radius 2 is 2.06 bits per heavy atom. The number of nitrogens with zero attached hydrogens (tertiary/aromatic N) is 2. The second-order valence-electron chi connectivity index (χ2n) is 4.38. The zero-order valence-electron chi connectivity index (χ0n) is 10.1. The molecule has 0 aliphatic heterocycles. The molecule has 0 bridgehead atoms. The quantitative estimate of drug-likeness (QED) is 0.938. The third kappa shape index (κ3) is 3.48. The summed E-state index contributed by atoms with van der Waals surface area (Å²) in [6, 6.07) is 7.47. The molecule has 2 rings (SSSR count). The largest absolute Gasteiger partial charge is 0.327 e. The summed E-state index contributed by atoms with van der Waals surface area (Å²) in [5.41, 5.74) is 8.13. The number of rotatable bonds is 4. The number of nitrogens with two attached hydrogens (primary N) is 1. The molecule has 96 valence electrons. The maximum absolute atomic E-state index is 6.12. The maximum atomic E-state index is 6.12. The Morgan fingerprint density at radius 3 is 2.67 bits per heavy atom. The standard InChI is InChI=1S/C13H15Cl2N3/c1-18-5-4-12(17-18)8-11(16)6-9-2-3-10(14)7-13(9)15/h2-5,7,11H,6,8,16H2,1H3. The van der Waals surface area contributed by atoms with Crippen molar-refractivity contribution in [2.24, 2.45) is 12.8 Å². The number of aromatic nitrogens is 2. The van der Waals surface area contributed by atoms with Gasteiger partial charge in [0.15, 0.2) is 0 Å². The lowest BCUT2D eigenvalue weighted by molar-refractivity contribution is 0.638. The van der Waals surface area contributed by atoms with Crippen LogP contribution in [0.15, 0.2) is 30.5 Å². The van der Waals surface area contributed by atoms with E-state index in [1.807, 2.05) is 31.4 Å². The van der Waals surface area contributed by atoms with E-state index in [1.165, 1.54) is 0 Å². The molecule has 0 saturated heterocycles. The predicted octanol–water partition coefficient (Wildman–Crippen LogP) is 2.84. The average Bonchev–Trinajstić information content (AvgIpc) is 2.68. The monoisotopic (exact) mass is 283 g/mol. The lowest BCUT2D eigenvalue weighted by Gasteiger charge is -2.11. The Kier molecular flexibility index (Phi) is 4.27. The van der Waals surface area contributed by atoms with Gasteiger partial charge in [-0.3, -0.25) is 4.68 Å². The van der Waals surface area contributed by atoms with Crippen LogP contribution < -0.4 is 5.73 Å². The van der Waals surface area contributed by atoms with E-state index >= 15 is 0 Å². The fourth-order valence-corrected chi connectivity index (χ4v) is 2.37. The summed E-state index contributed by atoms with van der Waals surface area (Å²) < 4.78 is 1.78. The number of halogens is 2. The van der Waals surface area contributed by atoms with Crippen molar-refractivity contribution in [3.8, 4) is 0 Å². The van der Waals surface area contributed by atoms with E-state index in [0.717, 1.165) is 17.7 Å². The van der Waals surface area contributed by atoms with Gasteiger partial charge in [0.05, 0.1) is 5.69 Å². The predicted molar refractivity (Wildman–Crippen MR) is 75.1 cm³/mol. The van der Waals surface area contributed by atoms with Crippen LogP contribution >= 0.6 is 23.2 Å². The van der Waals surface area contributed by atoms with Crippen LogP contribution in [0.5, 0.6) is 0 Å². The lowest BCUT2D eigenvalue weighted by atomic mass is 10.0. The van der Waals surface area contributed by atoms with Crippen molar-refractivity contribution in [3.05, 3.63) is 51.8 Å². The van der Waals surface area contributed by atoms with E-state index in [1.54, 1.807) is 10.7 Å². The fourth-order valence-electron chi connectivity index (χ4n) is 1.88. The minimum Gasteiger partial charge on any atom is -0.327 e. The molecule has 0 saturated carbocycles. The molecule has 1 heterocycles. The number of aryl methyl sites for hydroxylation is 1. The molecule has 0 aliphatic rings. The lowest BCUT2D eigenvalue weighted by Crippen LogP contribution is -2.26. The molecule has 0 amide bonds. The van der Waals surface area contributed by atoms with Crippen molar-refractivity contribution in [2.45, 2.75) is 18.9 Å². The van der Waals surface area contributed by atoms with Gasteiger partial charge in [0.2, 0.25) is 0 Å². The van der Waals surface area contributed by atoms with E-state index in [0.29, 0.717) is 16.5 Å². The molecule has 18 heavy (non-hydrogen) atoms. The minimum atomic E-state index is -0.00132. The molecule has 2 N–H and O–H groups in total. The van der Waals surface area contributed by atoms with Crippen molar-refractivity contribution in [3.63, 3.8) is 0 Å². The summed E-state index contributed by atoms with van der Waals surface area (Å²) in [5.74, 6) is 0. The van der Waals surface area contributed by atoms with Crippen LogP contribution in [-0.2, 0) is 19.9 Å². The van der Waals surface area contributed by atoms with Crippen LogP contribution in [0.4, 0.5) is 0 Å². The molecule has 1 aromatic heterocycles. The molecule has 0 aliphatic carbocycles. The molecule has 0 radical (unpaired) electrons. The molecule has 1 unspecified atom stereocenters. The van der Waals surface area contributed by atoms with Crippen LogP contribution in [0.2, 0.25) is 10.0 Å². The topological polar surface area (TPSA) is 43.8 Å². The van der Waals surface area contributed by atoms with E-state index in [2.05, 4.69) is 5.10 Å². The van der Waals surface area contributed by atoms with E-state index in [-0.39, 0.29) is 6.04 Å². The summed E-state index contributed by atoms with van der Waals surface area (Å²) in [6.45, 7) is 0. The Bertz CT molecular complexity index is 537. The van der Waals surface area contributed by atoms with Gasteiger partial charge in [-0.25, -0.2) is 0 Å². The molecule has 3 nitrogen and oxygen atoms in total. The molecule has 1 atom stereocenters. The molecular weight excluding hydrogens is 269 g/mol. The third-order valence-corrected chi connectivity index (χ3v) is 3.32. The number of hydrogen-bond donors (Lipinski definition) is 1. The zero-order valence-corrected chi connectivity index (χ0v) is 11.6. The minimum absolute atomic E-state index is 0.00132. The molecule has 5 heteroatoms. The summed E-state index contributed by atoms with van der Waals surface area (Å²) in [6.07, 6.45) is 3.36. The van der Waals surface area contributed by atoms with Gasteiger partial charge in [0, 0.05) is 35.8 Å². The zero-order chi connectivity index (χ0) is 13.1. The van der Waals surface area contributed by atoms with Crippen LogP contribution in [0, 0.1) is 0 Å². The van der Waals surface area contributed by atoms with Gasteiger partial charge in [0.1, 0.15) is 0 Å². The molecular formula is C13H15Cl2N3. The Morgan fingerprint density at radius 1 is 1.28 bits per heavy atom. The van der Waals surface area contributed by atoms with Crippen molar-refractivity contribution in [1.82, 2.24) is 9.78 Å². The summed E-state index contributed by atoms with van der Waals surface area (Å²) in [7, 11) is 1.89. The molecule has 1 aromatic carbocycles. The average molecular weight is 284 g/mol. The van der Waals surface area contributed by atoms with Crippen molar-refractivity contribution in [2.75, 3.05) is 0 Å². The first-order chi connectivity index (χ1) is 8.54. The van der Waals surface area contributed by atoms with Crippen molar-refractivity contribution < 1.29 is 0 Å². The van der Waals surface area contributed by atoms with E-state index in [4.69, 9.17) is 28.9 Å². The maximum Gasteiger partial charge on any atom is 0.0640 e. The fraction of sp³-hybridized carbons (Fsp3) is 0.308. The first-order valence-corrected chi connectivity index (χ1v) is 6.48. The highest BCUT2D eigenvalue weighted by molar-refractivity contribution is 6.35. The van der Waals surface area contributed by atoms with Gasteiger partial charge < -0.3 is 5.73 Å². The summed E-state index contributed by atoms with van der Waals surface area (Å²) >= 11 is 12.0. The highest BCUT2D eigenvalue weighted by Crippen LogP contribution is 2.22. The second-order valence-corrected chi connectivity index (χ2v) is 5.23. The first-order valence-electron chi connectivity index (χ1n) is 5.72. The third-order valence-electron chi connectivity index (χ3n) is 2.74. The summed E-state index contributed by atoms with van der Waals surface area (Å²) in [4.78, 5) is 0. The summed E-state index contributed by atoms with van der Waals surface area (Å²) in [5, 5.41) is 5.62. The van der Waals surface area contributed by atoms with Crippen LogP contribution in [-0.4, -0.2) is 15.8 Å². The normalized spacial score (nSPS) is 12.7. The first kappa shape index (κ1) is 13.4. The van der Waals surface area contributed by atoms with Gasteiger partial charge in [-0.05, 0) is 30.2 Å². The van der Waals surface area contributed by atoms with Crippen LogP contribution in [0.25, 0.3) is 0 Å². The SMILES string of the molecule is Cn1ccc(CC(N)Cc2ccc(Cl)cc2Cl)n1. The van der Waals surface area contributed by atoms with Gasteiger partial charge >= 0.3 is 0 Å². The van der Waals surface area contributed by atoms with Crippen LogP contribution in [0.1, 0.15) is 11.3 Å².